The summed E-state index contributed by atoms with van der Waals surface area (Å²) < 4.78 is 34.1. The van der Waals surface area contributed by atoms with Crippen molar-refractivity contribution in [2.45, 2.75) is 25.2 Å². The second-order valence-electron chi connectivity index (χ2n) is 7.65. The van der Waals surface area contributed by atoms with Crippen LogP contribution in [0.4, 0.5) is 17.1 Å². The first-order chi connectivity index (χ1) is 15.7. The summed E-state index contributed by atoms with van der Waals surface area (Å²) in [7, 11) is -2.75. The van der Waals surface area contributed by atoms with Gasteiger partial charge in [-0.3, -0.25) is 14.3 Å². The van der Waals surface area contributed by atoms with Crippen LogP contribution in [0, 0.1) is 13.8 Å². The number of para-hydroxylation sites is 1. The molecule has 0 radical (unpaired) electrons. The summed E-state index contributed by atoms with van der Waals surface area (Å²) >= 11 is 0. The number of aryl methyl sites for hydroxylation is 2. The Hall–Kier alpha value is -3.92. The highest BCUT2D eigenvalue weighted by molar-refractivity contribution is 7.92. The molecule has 9 nitrogen and oxygen atoms in total. The molecule has 2 amide bonds. The summed E-state index contributed by atoms with van der Waals surface area (Å²) in [4.78, 5) is 28.1. The van der Waals surface area contributed by atoms with Gasteiger partial charge in [-0.25, -0.2) is 13.4 Å². The van der Waals surface area contributed by atoms with Crippen LogP contribution in [0.3, 0.4) is 0 Å². The van der Waals surface area contributed by atoms with E-state index in [4.69, 9.17) is 4.74 Å². The zero-order chi connectivity index (χ0) is 23.8. The van der Waals surface area contributed by atoms with Crippen LogP contribution in [0.25, 0.3) is 0 Å². The van der Waals surface area contributed by atoms with Crippen LogP contribution in [-0.2, 0) is 21.2 Å². The van der Waals surface area contributed by atoms with Gasteiger partial charge in [-0.05, 0) is 54.8 Å². The molecule has 3 N–H and O–H groups in total. The zero-order valence-corrected chi connectivity index (χ0v) is 19.0. The number of methoxy groups -OCH3 is 1. The van der Waals surface area contributed by atoms with E-state index in [9.17, 15) is 18.0 Å². The maximum Gasteiger partial charge on any atom is 0.267 e. The summed E-state index contributed by atoms with van der Waals surface area (Å²) in [6, 6.07) is 11.6. The average Bonchev–Trinajstić information content (AvgIpc) is 3.15. The van der Waals surface area contributed by atoms with Crippen LogP contribution in [0.1, 0.15) is 27.0 Å². The lowest BCUT2D eigenvalue weighted by atomic mass is 10.1. The monoisotopic (exact) mass is 466 g/mol. The number of amides is 2. The minimum atomic E-state index is -4.07. The minimum Gasteiger partial charge on any atom is -0.480 e. The van der Waals surface area contributed by atoms with Crippen LogP contribution in [0.2, 0.25) is 0 Å². The third kappa shape index (κ3) is 4.51. The van der Waals surface area contributed by atoms with E-state index in [1.165, 1.54) is 19.4 Å². The molecule has 1 aliphatic heterocycles. The number of carbonyl (C=O) groups is 2. The predicted octanol–water partition coefficient (Wildman–Crippen LogP) is 3.25. The highest BCUT2D eigenvalue weighted by Crippen LogP contribution is 2.29. The van der Waals surface area contributed by atoms with Crippen LogP contribution in [-0.4, -0.2) is 32.3 Å². The summed E-state index contributed by atoms with van der Waals surface area (Å²) in [5.41, 5.74) is 3.90. The number of aromatic nitrogens is 1. The van der Waals surface area contributed by atoms with Crippen molar-refractivity contribution >= 4 is 38.9 Å². The second kappa shape index (κ2) is 8.55. The molecule has 2 aromatic carbocycles. The van der Waals surface area contributed by atoms with Gasteiger partial charge in [0.15, 0.2) is 4.90 Å². The van der Waals surface area contributed by atoms with Crippen LogP contribution in [0.5, 0.6) is 5.88 Å². The summed E-state index contributed by atoms with van der Waals surface area (Å²) in [5.74, 6) is -0.697. The zero-order valence-electron chi connectivity index (χ0n) is 18.2. The molecule has 0 bridgehead atoms. The molecule has 3 aromatic rings. The Morgan fingerprint density at radius 2 is 1.85 bits per heavy atom. The second-order valence-corrected chi connectivity index (χ2v) is 9.31. The fourth-order valence-corrected chi connectivity index (χ4v) is 4.93. The van der Waals surface area contributed by atoms with E-state index in [0.29, 0.717) is 16.9 Å². The average molecular weight is 467 g/mol. The Morgan fingerprint density at radius 1 is 1.12 bits per heavy atom. The third-order valence-corrected chi connectivity index (χ3v) is 6.61. The van der Waals surface area contributed by atoms with Crippen molar-refractivity contribution in [3.63, 3.8) is 0 Å². The fourth-order valence-electron chi connectivity index (χ4n) is 3.58. The number of hydrogen-bond acceptors (Lipinski definition) is 6. The van der Waals surface area contributed by atoms with Gasteiger partial charge in [0.2, 0.25) is 11.8 Å². The van der Waals surface area contributed by atoms with Gasteiger partial charge in [0.25, 0.3) is 15.9 Å². The van der Waals surface area contributed by atoms with Crippen LogP contribution in [0.15, 0.2) is 53.6 Å². The molecule has 10 heteroatoms. The van der Waals surface area contributed by atoms with Crippen molar-refractivity contribution < 1.29 is 22.7 Å². The molecule has 1 aromatic heterocycles. The number of benzene rings is 2. The van der Waals surface area contributed by atoms with Gasteiger partial charge in [-0.1, -0.05) is 18.2 Å². The summed E-state index contributed by atoms with van der Waals surface area (Å²) in [6.45, 7) is 3.60. The quantitative estimate of drug-likeness (QED) is 0.512. The highest BCUT2D eigenvalue weighted by Gasteiger charge is 2.24. The van der Waals surface area contributed by atoms with E-state index in [1.807, 2.05) is 6.07 Å². The van der Waals surface area contributed by atoms with Gasteiger partial charge in [-0.15, -0.1) is 0 Å². The minimum absolute atomic E-state index is 0.103. The van der Waals surface area contributed by atoms with E-state index in [0.717, 1.165) is 16.7 Å². The van der Waals surface area contributed by atoms with E-state index in [2.05, 4.69) is 20.3 Å². The van der Waals surface area contributed by atoms with E-state index in [1.54, 1.807) is 44.2 Å². The lowest BCUT2D eigenvalue weighted by Crippen LogP contribution is -2.18. The molecule has 4 rings (SSSR count). The topological polar surface area (TPSA) is 126 Å². The number of nitrogens with one attached hydrogen (secondary N) is 3. The third-order valence-electron chi connectivity index (χ3n) is 5.27. The Labute approximate surface area is 191 Å². The smallest absolute Gasteiger partial charge is 0.267 e. The van der Waals surface area contributed by atoms with E-state index < -0.39 is 15.9 Å². The molecular weight excluding hydrogens is 444 g/mol. The fraction of sp³-hybridized carbons (Fsp3) is 0.174. The lowest BCUT2D eigenvalue weighted by molar-refractivity contribution is -0.115. The van der Waals surface area contributed by atoms with Crippen LogP contribution < -0.4 is 20.1 Å². The standard InChI is InChI=1S/C23H22N4O5S/c1-13-5-4-6-14(2)21(13)27-33(30,31)19-11-17(12-24-23(19)32-3)25-22(29)15-7-8-18-16(9-15)10-20(28)26-18/h4-9,11-12,27H,10H2,1-3H3,(H,25,29)(H,26,28). The Balaban J connectivity index is 1.62. The number of ether oxygens (including phenoxy) is 1. The molecule has 0 unspecified atom stereocenters. The number of fused-ring (bicyclic) bond motifs is 1. The van der Waals surface area contributed by atoms with Crippen molar-refractivity contribution in [3.8, 4) is 5.88 Å². The van der Waals surface area contributed by atoms with Crippen molar-refractivity contribution in [2.24, 2.45) is 0 Å². The van der Waals surface area contributed by atoms with Crippen molar-refractivity contribution in [3.05, 3.63) is 70.9 Å². The highest BCUT2D eigenvalue weighted by atomic mass is 32.2. The first-order valence-electron chi connectivity index (χ1n) is 10.0. The number of pyridine rings is 1. The van der Waals surface area contributed by atoms with Crippen molar-refractivity contribution in [2.75, 3.05) is 22.5 Å². The molecule has 1 aliphatic rings. The van der Waals surface area contributed by atoms with Gasteiger partial charge in [0, 0.05) is 11.3 Å². The molecule has 2 heterocycles. The molecule has 0 saturated heterocycles. The predicted molar refractivity (Wildman–Crippen MR) is 124 cm³/mol. The normalized spacial score (nSPS) is 12.6. The van der Waals surface area contributed by atoms with Gasteiger partial charge in [0.1, 0.15) is 0 Å². The molecule has 0 aliphatic carbocycles. The van der Waals surface area contributed by atoms with Gasteiger partial charge >= 0.3 is 0 Å². The summed E-state index contributed by atoms with van der Waals surface area (Å²) in [5, 5.41) is 5.37. The van der Waals surface area contributed by atoms with E-state index in [-0.39, 0.29) is 28.8 Å². The van der Waals surface area contributed by atoms with Crippen molar-refractivity contribution in [1.29, 1.82) is 0 Å². The van der Waals surface area contributed by atoms with Gasteiger partial charge < -0.3 is 15.4 Å². The number of anilines is 3. The maximum atomic E-state index is 13.2. The number of nitrogens with zero attached hydrogens (tertiary/aromatic N) is 1. The van der Waals surface area contributed by atoms with Gasteiger partial charge in [-0.2, -0.15) is 0 Å². The first-order valence-corrected chi connectivity index (χ1v) is 11.5. The Morgan fingerprint density at radius 3 is 2.55 bits per heavy atom. The molecule has 0 atom stereocenters. The maximum absolute atomic E-state index is 13.2. The molecular formula is C23H22N4O5S. The first kappa shape index (κ1) is 22.3. The number of hydrogen-bond donors (Lipinski definition) is 3. The SMILES string of the molecule is COc1ncc(NC(=O)c2ccc3c(c2)CC(=O)N3)cc1S(=O)(=O)Nc1c(C)cccc1C. The van der Waals surface area contributed by atoms with Crippen molar-refractivity contribution in [1.82, 2.24) is 4.98 Å². The molecule has 0 spiro atoms. The van der Waals surface area contributed by atoms with Gasteiger partial charge in [0.05, 0.1) is 31.1 Å². The molecule has 170 valence electrons. The van der Waals surface area contributed by atoms with Crippen LogP contribution >= 0.6 is 0 Å². The Bertz CT molecular complexity index is 1370. The molecule has 0 saturated carbocycles. The number of rotatable bonds is 6. The number of sulfonamides is 1. The van der Waals surface area contributed by atoms with E-state index >= 15 is 0 Å². The Kier molecular flexibility index (Phi) is 5.77. The number of carbonyl (C=O) groups excluding carboxylic acids is 2. The molecule has 33 heavy (non-hydrogen) atoms. The lowest BCUT2D eigenvalue weighted by Gasteiger charge is -2.15. The summed E-state index contributed by atoms with van der Waals surface area (Å²) in [6.07, 6.45) is 1.51. The molecule has 0 fully saturated rings. The largest absolute Gasteiger partial charge is 0.480 e.